The molecule has 17 heavy (non-hydrogen) atoms. The lowest BCUT2D eigenvalue weighted by Crippen LogP contribution is -2.37. The summed E-state index contributed by atoms with van der Waals surface area (Å²) >= 11 is 0. The normalized spacial score (nSPS) is 27.8. The molecule has 1 N–H and O–H groups in total. The Bertz CT molecular complexity index is 364. The van der Waals surface area contributed by atoms with Crippen molar-refractivity contribution in [2.45, 2.75) is 44.8 Å². The Labute approximate surface area is 104 Å². The Kier molecular flexibility index (Phi) is 4.19. The van der Waals surface area contributed by atoms with Gasteiger partial charge >= 0.3 is 0 Å². The molecule has 1 aliphatic rings. The van der Waals surface area contributed by atoms with Crippen molar-refractivity contribution in [3.63, 3.8) is 0 Å². The molecule has 3 atom stereocenters. The first-order valence-electron chi connectivity index (χ1n) is 6.65. The van der Waals surface area contributed by atoms with Gasteiger partial charge in [-0.25, -0.2) is 0 Å². The number of benzene rings is 1. The van der Waals surface area contributed by atoms with Crippen molar-refractivity contribution in [2.75, 3.05) is 13.7 Å². The summed E-state index contributed by atoms with van der Waals surface area (Å²) < 4.78 is 6.00. The second kappa shape index (κ2) is 5.65. The van der Waals surface area contributed by atoms with Gasteiger partial charge in [-0.15, -0.1) is 0 Å². The van der Waals surface area contributed by atoms with Crippen molar-refractivity contribution < 1.29 is 4.74 Å². The Morgan fingerprint density at radius 3 is 2.65 bits per heavy atom. The molecule has 0 amide bonds. The van der Waals surface area contributed by atoms with Crippen LogP contribution in [0.3, 0.4) is 0 Å². The average Bonchev–Trinajstić information content (AvgIpc) is 2.36. The van der Waals surface area contributed by atoms with E-state index in [0.717, 1.165) is 19.4 Å². The van der Waals surface area contributed by atoms with Gasteiger partial charge in [-0.3, -0.25) is 0 Å². The highest BCUT2D eigenvalue weighted by atomic mass is 16.5. The molecule has 94 valence electrons. The minimum atomic E-state index is 0.310. The zero-order chi connectivity index (χ0) is 12.3. The third-order valence-electron chi connectivity index (χ3n) is 3.67. The SMILES string of the molecule is CCCOC1CC(C)c2ccccc2C1NC. The molecule has 0 saturated carbocycles. The van der Waals surface area contributed by atoms with Gasteiger partial charge in [0.25, 0.3) is 0 Å². The Hall–Kier alpha value is -0.860. The second-order valence-corrected chi connectivity index (χ2v) is 4.94. The van der Waals surface area contributed by atoms with Crippen molar-refractivity contribution in [1.82, 2.24) is 5.32 Å². The highest BCUT2D eigenvalue weighted by molar-refractivity contribution is 5.36. The van der Waals surface area contributed by atoms with Gasteiger partial charge in [-0.05, 0) is 36.9 Å². The molecule has 0 aliphatic heterocycles. The molecular formula is C15H23NO. The van der Waals surface area contributed by atoms with Gasteiger partial charge in [0, 0.05) is 6.61 Å². The lowest BCUT2D eigenvalue weighted by molar-refractivity contribution is 0.0130. The highest BCUT2D eigenvalue weighted by Gasteiger charge is 2.32. The summed E-state index contributed by atoms with van der Waals surface area (Å²) in [5.74, 6) is 0.595. The first-order chi connectivity index (χ1) is 8.27. The summed E-state index contributed by atoms with van der Waals surface area (Å²) in [6.07, 6.45) is 2.51. The van der Waals surface area contributed by atoms with E-state index >= 15 is 0 Å². The van der Waals surface area contributed by atoms with E-state index in [-0.39, 0.29) is 0 Å². The van der Waals surface area contributed by atoms with Crippen LogP contribution in [0.4, 0.5) is 0 Å². The smallest absolute Gasteiger partial charge is 0.0775 e. The highest BCUT2D eigenvalue weighted by Crippen LogP contribution is 2.38. The van der Waals surface area contributed by atoms with Gasteiger partial charge in [-0.2, -0.15) is 0 Å². The lowest BCUT2D eigenvalue weighted by Gasteiger charge is -2.36. The molecule has 2 heteroatoms. The van der Waals surface area contributed by atoms with E-state index < -0.39 is 0 Å². The molecule has 1 aromatic rings. The van der Waals surface area contributed by atoms with Gasteiger partial charge in [0.15, 0.2) is 0 Å². The molecule has 0 spiro atoms. The van der Waals surface area contributed by atoms with E-state index in [1.807, 2.05) is 7.05 Å². The van der Waals surface area contributed by atoms with Gasteiger partial charge < -0.3 is 10.1 Å². The molecule has 2 rings (SSSR count). The molecule has 2 nitrogen and oxygen atoms in total. The molecule has 0 fully saturated rings. The van der Waals surface area contributed by atoms with Crippen LogP contribution in [0.2, 0.25) is 0 Å². The van der Waals surface area contributed by atoms with Crippen LogP contribution in [0.25, 0.3) is 0 Å². The largest absolute Gasteiger partial charge is 0.376 e. The number of rotatable bonds is 4. The van der Waals surface area contributed by atoms with Gasteiger partial charge in [-0.1, -0.05) is 38.1 Å². The van der Waals surface area contributed by atoms with Crippen molar-refractivity contribution in [3.8, 4) is 0 Å². The van der Waals surface area contributed by atoms with Crippen molar-refractivity contribution in [2.24, 2.45) is 0 Å². The average molecular weight is 233 g/mol. The van der Waals surface area contributed by atoms with E-state index in [9.17, 15) is 0 Å². The maximum Gasteiger partial charge on any atom is 0.0775 e. The molecule has 3 unspecified atom stereocenters. The summed E-state index contributed by atoms with van der Waals surface area (Å²) in [6.45, 7) is 5.32. The molecule has 0 radical (unpaired) electrons. The van der Waals surface area contributed by atoms with Crippen LogP contribution in [-0.4, -0.2) is 19.8 Å². The van der Waals surface area contributed by atoms with E-state index in [1.165, 1.54) is 11.1 Å². The number of hydrogen-bond acceptors (Lipinski definition) is 2. The summed E-state index contributed by atoms with van der Waals surface area (Å²) in [4.78, 5) is 0. The first-order valence-corrected chi connectivity index (χ1v) is 6.65. The van der Waals surface area contributed by atoms with E-state index in [4.69, 9.17) is 4.74 Å². The molecule has 0 bridgehead atoms. The quantitative estimate of drug-likeness (QED) is 0.862. The van der Waals surface area contributed by atoms with Crippen LogP contribution < -0.4 is 5.32 Å². The third-order valence-corrected chi connectivity index (χ3v) is 3.67. The molecule has 1 aromatic carbocycles. The lowest BCUT2D eigenvalue weighted by atomic mass is 9.79. The van der Waals surface area contributed by atoms with Crippen LogP contribution in [-0.2, 0) is 4.74 Å². The topological polar surface area (TPSA) is 21.3 Å². The molecular weight excluding hydrogens is 210 g/mol. The van der Waals surface area contributed by atoms with Crippen LogP contribution in [0.5, 0.6) is 0 Å². The van der Waals surface area contributed by atoms with Crippen LogP contribution >= 0.6 is 0 Å². The summed E-state index contributed by atoms with van der Waals surface area (Å²) in [5, 5.41) is 3.41. The van der Waals surface area contributed by atoms with Crippen LogP contribution in [0.1, 0.15) is 49.8 Å². The minimum absolute atomic E-state index is 0.310. The molecule has 0 saturated heterocycles. The monoisotopic (exact) mass is 233 g/mol. The number of likely N-dealkylation sites (N-methyl/N-ethyl adjacent to an activating group) is 1. The number of nitrogens with one attached hydrogen (secondary N) is 1. The molecule has 0 heterocycles. The standard InChI is InChI=1S/C15H23NO/c1-4-9-17-14-10-11(2)12-7-5-6-8-13(12)15(14)16-3/h5-8,11,14-16H,4,9-10H2,1-3H3. The summed E-state index contributed by atoms with van der Waals surface area (Å²) in [5.41, 5.74) is 2.89. The molecule has 1 aliphatic carbocycles. The Morgan fingerprint density at radius 1 is 1.29 bits per heavy atom. The number of hydrogen-bond donors (Lipinski definition) is 1. The fraction of sp³-hybridized carbons (Fsp3) is 0.600. The predicted molar refractivity (Wildman–Crippen MR) is 71.3 cm³/mol. The third kappa shape index (κ3) is 2.53. The fourth-order valence-corrected chi connectivity index (χ4v) is 2.83. The van der Waals surface area contributed by atoms with Gasteiger partial charge in [0.05, 0.1) is 12.1 Å². The van der Waals surface area contributed by atoms with E-state index in [1.54, 1.807) is 0 Å². The fourth-order valence-electron chi connectivity index (χ4n) is 2.83. The Morgan fingerprint density at radius 2 is 2.00 bits per heavy atom. The predicted octanol–water partition coefficient (Wildman–Crippen LogP) is 3.25. The number of ether oxygens (including phenoxy) is 1. The summed E-state index contributed by atoms with van der Waals surface area (Å²) in [6, 6.07) is 9.08. The zero-order valence-electron chi connectivity index (χ0n) is 11.1. The van der Waals surface area contributed by atoms with E-state index in [2.05, 4.69) is 43.4 Å². The Balaban J connectivity index is 2.25. The first kappa shape index (κ1) is 12.6. The zero-order valence-corrected chi connectivity index (χ0v) is 11.1. The van der Waals surface area contributed by atoms with Crippen LogP contribution in [0, 0.1) is 0 Å². The van der Waals surface area contributed by atoms with Gasteiger partial charge in [0.1, 0.15) is 0 Å². The maximum atomic E-state index is 6.00. The van der Waals surface area contributed by atoms with Crippen molar-refractivity contribution in [1.29, 1.82) is 0 Å². The van der Waals surface area contributed by atoms with E-state index in [0.29, 0.717) is 18.1 Å². The summed E-state index contributed by atoms with van der Waals surface area (Å²) in [7, 11) is 2.03. The van der Waals surface area contributed by atoms with Gasteiger partial charge in [0.2, 0.25) is 0 Å². The van der Waals surface area contributed by atoms with Crippen molar-refractivity contribution in [3.05, 3.63) is 35.4 Å². The number of fused-ring (bicyclic) bond motifs is 1. The van der Waals surface area contributed by atoms with Crippen LogP contribution in [0.15, 0.2) is 24.3 Å². The second-order valence-electron chi connectivity index (χ2n) is 4.94. The van der Waals surface area contributed by atoms with Crippen molar-refractivity contribution >= 4 is 0 Å². The molecule has 0 aromatic heterocycles. The minimum Gasteiger partial charge on any atom is -0.376 e. The maximum absolute atomic E-state index is 6.00.